The van der Waals surface area contributed by atoms with Crippen LogP contribution in [0, 0.1) is 0 Å². The minimum Gasteiger partial charge on any atom is -0.377 e. The van der Waals surface area contributed by atoms with Gasteiger partial charge in [-0.1, -0.05) is 0 Å². The third-order valence-electron chi connectivity index (χ3n) is 1.80. The Morgan fingerprint density at radius 1 is 1.00 bits per heavy atom. The normalized spacial score (nSPS) is 12.5. The summed E-state index contributed by atoms with van der Waals surface area (Å²) in [6.07, 6.45) is 0. The van der Waals surface area contributed by atoms with Crippen molar-refractivity contribution in [3.63, 3.8) is 0 Å². The van der Waals surface area contributed by atoms with Gasteiger partial charge in [-0.05, 0) is 14.1 Å². The Bertz CT molecular complexity index is 109. The maximum atomic E-state index is 5.25. The smallest absolute Gasteiger partial charge is 0.377 e. The molecule has 4 nitrogen and oxygen atoms in total. The Balaban J connectivity index is 3.93. The van der Waals surface area contributed by atoms with Crippen molar-refractivity contribution in [2.75, 3.05) is 42.0 Å². The third-order valence-corrected chi connectivity index (χ3v) is 4.50. The molecule has 0 bridgehead atoms. The van der Waals surface area contributed by atoms with Gasteiger partial charge in [0, 0.05) is 33.9 Å². The molecule has 0 N–H and O–H groups in total. The molecule has 0 saturated heterocycles. The maximum Gasteiger partial charge on any atom is 0.501 e. The summed E-state index contributed by atoms with van der Waals surface area (Å²) in [5.41, 5.74) is 0. The molecule has 0 amide bonds. The minimum absolute atomic E-state index is 0.823. The second kappa shape index (κ2) is 5.66. The first-order valence-corrected chi connectivity index (χ1v) is 5.83. The van der Waals surface area contributed by atoms with Gasteiger partial charge in [-0.3, -0.25) is 0 Å². The van der Waals surface area contributed by atoms with Gasteiger partial charge in [-0.2, -0.15) is 0 Å². The molecule has 0 aromatic carbocycles. The Hall–Kier alpha value is 0.0569. The number of nitrogens with zero attached hydrogens (tertiary/aromatic N) is 1. The molecule has 0 aliphatic heterocycles. The molecule has 0 aromatic rings. The average molecular weight is 193 g/mol. The summed E-state index contributed by atoms with van der Waals surface area (Å²) in [6.45, 7) is 0.918. The van der Waals surface area contributed by atoms with Gasteiger partial charge < -0.3 is 18.2 Å². The van der Waals surface area contributed by atoms with Gasteiger partial charge in [0.15, 0.2) is 0 Å². The zero-order valence-electron chi connectivity index (χ0n) is 8.59. The molecule has 12 heavy (non-hydrogen) atoms. The third kappa shape index (κ3) is 3.64. The highest BCUT2D eigenvalue weighted by atomic mass is 28.4. The molecule has 0 aliphatic carbocycles. The van der Waals surface area contributed by atoms with Gasteiger partial charge in [0.1, 0.15) is 0 Å². The molecule has 0 aromatic heterocycles. The Kier molecular flexibility index (Phi) is 5.69. The molecule has 74 valence electrons. The number of hydrogen-bond acceptors (Lipinski definition) is 4. The minimum atomic E-state index is -2.32. The van der Waals surface area contributed by atoms with Crippen LogP contribution in [-0.2, 0) is 13.3 Å². The molecule has 0 fully saturated rings. The lowest BCUT2D eigenvalue weighted by Gasteiger charge is -2.25. The molecule has 0 unspecified atom stereocenters. The number of rotatable bonds is 6. The van der Waals surface area contributed by atoms with Crippen LogP contribution in [0.2, 0.25) is 6.04 Å². The predicted molar refractivity (Wildman–Crippen MR) is 50.1 cm³/mol. The van der Waals surface area contributed by atoms with E-state index in [-0.39, 0.29) is 0 Å². The van der Waals surface area contributed by atoms with Gasteiger partial charge in [0.25, 0.3) is 0 Å². The fourth-order valence-electron chi connectivity index (χ4n) is 0.917. The quantitative estimate of drug-likeness (QED) is 0.572. The fourth-order valence-corrected chi connectivity index (χ4v) is 2.75. The average Bonchev–Trinajstić information content (AvgIpc) is 2.08. The second-order valence-electron chi connectivity index (χ2n) is 2.85. The molecule has 0 spiro atoms. The molecule has 0 atom stereocenters. The number of hydrogen-bond donors (Lipinski definition) is 0. The van der Waals surface area contributed by atoms with Crippen LogP contribution in [0.15, 0.2) is 0 Å². The SMILES string of the molecule is CO[Si](CCN(C)C)(OC)OC. The highest BCUT2D eigenvalue weighted by molar-refractivity contribution is 6.60. The maximum absolute atomic E-state index is 5.25. The van der Waals surface area contributed by atoms with Crippen molar-refractivity contribution in [1.29, 1.82) is 0 Å². The van der Waals surface area contributed by atoms with Gasteiger partial charge in [-0.25, -0.2) is 0 Å². The van der Waals surface area contributed by atoms with Crippen molar-refractivity contribution in [2.45, 2.75) is 6.04 Å². The molecule has 0 aliphatic rings. The zero-order chi connectivity index (χ0) is 9.61. The lowest BCUT2D eigenvalue weighted by molar-refractivity contribution is 0.121. The Labute approximate surface area is 75.8 Å². The van der Waals surface area contributed by atoms with Crippen LogP contribution in [0.25, 0.3) is 0 Å². The van der Waals surface area contributed by atoms with Gasteiger partial charge in [-0.15, -0.1) is 0 Å². The van der Waals surface area contributed by atoms with Gasteiger partial charge >= 0.3 is 8.80 Å². The van der Waals surface area contributed by atoms with Crippen LogP contribution in [0.4, 0.5) is 0 Å². The van der Waals surface area contributed by atoms with Crippen LogP contribution in [-0.4, -0.2) is 55.7 Å². The lowest BCUT2D eigenvalue weighted by Crippen LogP contribution is -2.44. The van der Waals surface area contributed by atoms with E-state index in [1.165, 1.54) is 0 Å². The molecule has 0 rings (SSSR count). The van der Waals surface area contributed by atoms with Crippen molar-refractivity contribution in [2.24, 2.45) is 0 Å². The summed E-state index contributed by atoms with van der Waals surface area (Å²) in [4.78, 5) is 2.08. The topological polar surface area (TPSA) is 30.9 Å². The fraction of sp³-hybridized carbons (Fsp3) is 1.00. The first kappa shape index (κ1) is 12.1. The monoisotopic (exact) mass is 193 g/mol. The Morgan fingerprint density at radius 2 is 1.42 bits per heavy atom. The first-order chi connectivity index (χ1) is 5.60. The van der Waals surface area contributed by atoms with Crippen molar-refractivity contribution in [3.8, 4) is 0 Å². The van der Waals surface area contributed by atoms with E-state index in [2.05, 4.69) is 4.90 Å². The van der Waals surface area contributed by atoms with Crippen LogP contribution in [0.1, 0.15) is 0 Å². The van der Waals surface area contributed by atoms with E-state index < -0.39 is 8.80 Å². The summed E-state index contributed by atoms with van der Waals surface area (Å²) >= 11 is 0. The molecular weight excluding hydrogens is 174 g/mol. The molecule has 0 saturated carbocycles. The largest absolute Gasteiger partial charge is 0.501 e. The lowest BCUT2D eigenvalue weighted by atomic mass is 10.7. The summed E-state index contributed by atoms with van der Waals surface area (Å²) in [7, 11) is 6.61. The highest BCUT2D eigenvalue weighted by Gasteiger charge is 2.37. The van der Waals surface area contributed by atoms with Crippen molar-refractivity contribution in [3.05, 3.63) is 0 Å². The standard InChI is InChI=1S/C7H19NO3Si/c1-8(2)6-7-12(9-3,10-4)11-5/h6-7H2,1-5H3. The van der Waals surface area contributed by atoms with Crippen LogP contribution < -0.4 is 0 Å². The van der Waals surface area contributed by atoms with Crippen LogP contribution in [0.3, 0.4) is 0 Å². The van der Waals surface area contributed by atoms with E-state index in [0.717, 1.165) is 12.6 Å². The van der Waals surface area contributed by atoms with E-state index in [1.54, 1.807) is 21.3 Å². The van der Waals surface area contributed by atoms with E-state index in [4.69, 9.17) is 13.3 Å². The predicted octanol–water partition coefficient (Wildman–Crippen LogP) is 0.426. The van der Waals surface area contributed by atoms with Gasteiger partial charge in [0.2, 0.25) is 0 Å². The van der Waals surface area contributed by atoms with E-state index in [9.17, 15) is 0 Å². The highest BCUT2D eigenvalue weighted by Crippen LogP contribution is 2.11. The first-order valence-electron chi connectivity index (χ1n) is 3.90. The summed E-state index contributed by atoms with van der Waals surface area (Å²) in [5, 5.41) is 0. The molecule has 5 heteroatoms. The van der Waals surface area contributed by atoms with Crippen LogP contribution >= 0.6 is 0 Å². The van der Waals surface area contributed by atoms with Crippen molar-refractivity contribution >= 4 is 8.80 Å². The molecule has 0 heterocycles. The zero-order valence-corrected chi connectivity index (χ0v) is 9.59. The summed E-state index contributed by atoms with van der Waals surface area (Å²) < 4.78 is 15.8. The molecule has 0 radical (unpaired) electrons. The van der Waals surface area contributed by atoms with Crippen molar-refractivity contribution in [1.82, 2.24) is 4.90 Å². The summed E-state index contributed by atoms with van der Waals surface area (Å²) in [6, 6.07) is 0.823. The van der Waals surface area contributed by atoms with E-state index in [0.29, 0.717) is 0 Å². The molecular formula is C7H19NO3Si. The van der Waals surface area contributed by atoms with E-state index in [1.807, 2.05) is 14.1 Å². The van der Waals surface area contributed by atoms with Crippen LogP contribution in [0.5, 0.6) is 0 Å². The second-order valence-corrected chi connectivity index (χ2v) is 5.94. The van der Waals surface area contributed by atoms with E-state index >= 15 is 0 Å². The van der Waals surface area contributed by atoms with Gasteiger partial charge in [0.05, 0.1) is 0 Å². The Morgan fingerprint density at radius 3 is 1.67 bits per heavy atom. The van der Waals surface area contributed by atoms with Crippen molar-refractivity contribution < 1.29 is 13.3 Å². The summed E-state index contributed by atoms with van der Waals surface area (Å²) in [5.74, 6) is 0.